The molecule has 1 heterocycles. The zero-order valence-electron chi connectivity index (χ0n) is 9.63. The number of rotatable bonds is 5. The van der Waals surface area contributed by atoms with Crippen molar-refractivity contribution in [1.82, 2.24) is 0 Å². The van der Waals surface area contributed by atoms with Gasteiger partial charge in [-0.1, -0.05) is 24.3 Å². The van der Waals surface area contributed by atoms with Gasteiger partial charge in [0, 0.05) is 12.0 Å². The van der Waals surface area contributed by atoms with Crippen LogP contribution in [0, 0.1) is 0 Å². The summed E-state index contributed by atoms with van der Waals surface area (Å²) in [5.41, 5.74) is 1.49. The molecule has 0 aliphatic heterocycles. The van der Waals surface area contributed by atoms with E-state index >= 15 is 0 Å². The number of hydrogen-bond donors (Lipinski definition) is 1. The Morgan fingerprint density at radius 1 is 1.17 bits per heavy atom. The summed E-state index contributed by atoms with van der Waals surface area (Å²) in [6, 6.07) is 10.8. The molecule has 0 unspecified atom stereocenters. The molecule has 2 rings (SSSR count). The topological polar surface area (TPSA) is 54.4 Å². The van der Waals surface area contributed by atoms with Gasteiger partial charge in [-0.25, -0.2) is 0 Å². The smallest absolute Gasteiger partial charge is 0.303 e. The molecule has 92 valence electrons. The zero-order valence-corrected chi connectivity index (χ0v) is 10.4. The van der Waals surface area contributed by atoms with Crippen LogP contribution in [0.25, 0.3) is 0 Å². The minimum Gasteiger partial charge on any atom is -0.481 e. The number of carbonyl (C=O) groups excluding carboxylic acids is 1. The third-order valence-electron chi connectivity index (χ3n) is 2.56. The Bertz CT molecular complexity index is 558. The Morgan fingerprint density at radius 2 is 2.00 bits per heavy atom. The van der Waals surface area contributed by atoms with Crippen LogP contribution in [-0.4, -0.2) is 16.9 Å². The fourth-order valence-electron chi connectivity index (χ4n) is 1.67. The summed E-state index contributed by atoms with van der Waals surface area (Å²) in [7, 11) is 0. The molecule has 1 aromatic heterocycles. The summed E-state index contributed by atoms with van der Waals surface area (Å²) in [5.74, 6) is -0.841. The summed E-state index contributed by atoms with van der Waals surface area (Å²) in [5, 5.41) is 10.5. The molecule has 1 aromatic carbocycles. The van der Waals surface area contributed by atoms with Crippen LogP contribution in [-0.2, 0) is 11.2 Å². The molecule has 3 nitrogen and oxygen atoms in total. The molecular formula is C14H12O3S. The lowest BCUT2D eigenvalue weighted by Gasteiger charge is -2.02. The van der Waals surface area contributed by atoms with Crippen LogP contribution in [0.15, 0.2) is 41.8 Å². The number of carboxylic acids is 1. The Hall–Kier alpha value is -1.94. The van der Waals surface area contributed by atoms with Gasteiger partial charge in [-0.3, -0.25) is 9.59 Å². The lowest BCUT2D eigenvalue weighted by molar-refractivity contribution is -0.136. The third kappa shape index (κ3) is 3.05. The first-order chi connectivity index (χ1) is 8.66. The Kier molecular flexibility index (Phi) is 3.89. The van der Waals surface area contributed by atoms with Crippen LogP contribution in [0.1, 0.15) is 27.2 Å². The normalized spacial score (nSPS) is 10.2. The van der Waals surface area contributed by atoms with E-state index in [4.69, 9.17) is 5.11 Å². The number of aryl methyl sites for hydroxylation is 1. The van der Waals surface area contributed by atoms with Gasteiger partial charge in [0.25, 0.3) is 0 Å². The number of aliphatic carboxylic acids is 1. The van der Waals surface area contributed by atoms with Crippen molar-refractivity contribution >= 4 is 23.1 Å². The summed E-state index contributed by atoms with van der Waals surface area (Å²) in [6.07, 6.45) is 0.525. The maximum absolute atomic E-state index is 12.1. The largest absolute Gasteiger partial charge is 0.481 e. The van der Waals surface area contributed by atoms with Gasteiger partial charge in [-0.2, -0.15) is 0 Å². The maximum atomic E-state index is 12.1. The molecule has 18 heavy (non-hydrogen) atoms. The van der Waals surface area contributed by atoms with Gasteiger partial charge in [-0.15, -0.1) is 11.3 Å². The van der Waals surface area contributed by atoms with E-state index in [0.717, 1.165) is 5.56 Å². The molecule has 0 saturated heterocycles. The molecule has 1 N–H and O–H groups in total. The van der Waals surface area contributed by atoms with E-state index < -0.39 is 5.97 Å². The second-order valence-corrected chi connectivity index (χ2v) is 4.85. The lowest BCUT2D eigenvalue weighted by Crippen LogP contribution is -2.01. The van der Waals surface area contributed by atoms with E-state index in [1.807, 2.05) is 17.5 Å². The van der Waals surface area contributed by atoms with Crippen LogP contribution >= 0.6 is 11.3 Å². The van der Waals surface area contributed by atoms with Crippen LogP contribution < -0.4 is 0 Å². The van der Waals surface area contributed by atoms with Crippen molar-refractivity contribution in [2.75, 3.05) is 0 Å². The Morgan fingerprint density at radius 3 is 2.67 bits per heavy atom. The van der Waals surface area contributed by atoms with Crippen molar-refractivity contribution in [1.29, 1.82) is 0 Å². The first kappa shape index (κ1) is 12.5. The molecular weight excluding hydrogens is 248 g/mol. The number of carboxylic acid groups (broad SMARTS) is 1. The molecule has 0 saturated carbocycles. The minimum absolute atomic E-state index is 0.0119. The van der Waals surface area contributed by atoms with Gasteiger partial charge in [0.05, 0.1) is 4.88 Å². The number of hydrogen-bond acceptors (Lipinski definition) is 3. The summed E-state index contributed by atoms with van der Waals surface area (Å²) < 4.78 is 0. The maximum Gasteiger partial charge on any atom is 0.303 e. The van der Waals surface area contributed by atoms with E-state index in [2.05, 4.69) is 0 Å². The molecule has 0 aliphatic rings. The fourth-order valence-corrected chi connectivity index (χ4v) is 2.36. The minimum atomic E-state index is -0.829. The highest BCUT2D eigenvalue weighted by atomic mass is 32.1. The average molecular weight is 260 g/mol. The standard InChI is InChI=1S/C14H12O3S/c15-13(16)7-6-10-3-1-4-11(9-10)14(17)12-5-2-8-18-12/h1-5,8-9H,6-7H2,(H,15,16). The van der Waals surface area contributed by atoms with Crippen LogP contribution in [0.4, 0.5) is 0 Å². The van der Waals surface area contributed by atoms with Gasteiger partial charge < -0.3 is 5.11 Å². The quantitative estimate of drug-likeness (QED) is 0.841. The number of ketones is 1. The molecule has 0 amide bonds. The van der Waals surface area contributed by atoms with Gasteiger partial charge in [0.2, 0.25) is 5.78 Å². The first-order valence-corrected chi connectivity index (χ1v) is 6.44. The first-order valence-electron chi connectivity index (χ1n) is 5.56. The molecule has 0 atom stereocenters. The van der Waals surface area contributed by atoms with Crippen LogP contribution in [0.2, 0.25) is 0 Å². The van der Waals surface area contributed by atoms with E-state index in [0.29, 0.717) is 16.9 Å². The van der Waals surface area contributed by atoms with Gasteiger partial charge in [0.1, 0.15) is 0 Å². The van der Waals surface area contributed by atoms with E-state index in [-0.39, 0.29) is 12.2 Å². The predicted molar refractivity (Wildman–Crippen MR) is 70.2 cm³/mol. The second kappa shape index (κ2) is 5.60. The van der Waals surface area contributed by atoms with Crippen molar-refractivity contribution < 1.29 is 14.7 Å². The molecule has 0 spiro atoms. The van der Waals surface area contributed by atoms with Crippen LogP contribution in [0.5, 0.6) is 0 Å². The van der Waals surface area contributed by atoms with E-state index in [9.17, 15) is 9.59 Å². The number of thiophene rings is 1. The van der Waals surface area contributed by atoms with Gasteiger partial charge >= 0.3 is 5.97 Å². The van der Waals surface area contributed by atoms with Crippen molar-refractivity contribution in [3.8, 4) is 0 Å². The molecule has 4 heteroatoms. The Balaban J connectivity index is 2.17. The van der Waals surface area contributed by atoms with Crippen molar-refractivity contribution in [2.24, 2.45) is 0 Å². The number of carbonyl (C=O) groups is 2. The van der Waals surface area contributed by atoms with Crippen molar-refractivity contribution in [2.45, 2.75) is 12.8 Å². The summed E-state index contributed by atoms with van der Waals surface area (Å²) in [6.45, 7) is 0. The van der Waals surface area contributed by atoms with E-state index in [1.165, 1.54) is 11.3 Å². The zero-order chi connectivity index (χ0) is 13.0. The third-order valence-corrected chi connectivity index (χ3v) is 3.43. The Labute approximate surface area is 109 Å². The predicted octanol–water partition coefficient (Wildman–Crippen LogP) is 3.00. The highest BCUT2D eigenvalue weighted by Gasteiger charge is 2.10. The van der Waals surface area contributed by atoms with Crippen molar-refractivity contribution in [3.63, 3.8) is 0 Å². The highest BCUT2D eigenvalue weighted by molar-refractivity contribution is 7.12. The SMILES string of the molecule is O=C(O)CCc1cccc(C(=O)c2cccs2)c1. The highest BCUT2D eigenvalue weighted by Crippen LogP contribution is 2.16. The lowest BCUT2D eigenvalue weighted by atomic mass is 10.0. The van der Waals surface area contributed by atoms with Crippen molar-refractivity contribution in [3.05, 3.63) is 57.8 Å². The van der Waals surface area contributed by atoms with Gasteiger partial charge in [0.15, 0.2) is 0 Å². The average Bonchev–Trinajstić information content (AvgIpc) is 2.89. The molecule has 0 bridgehead atoms. The van der Waals surface area contributed by atoms with E-state index in [1.54, 1.807) is 24.3 Å². The summed E-state index contributed by atoms with van der Waals surface area (Å²) >= 11 is 1.41. The molecule has 0 fully saturated rings. The van der Waals surface area contributed by atoms with Crippen LogP contribution in [0.3, 0.4) is 0 Å². The molecule has 0 aliphatic carbocycles. The fraction of sp³-hybridized carbons (Fsp3) is 0.143. The number of benzene rings is 1. The summed E-state index contributed by atoms with van der Waals surface area (Å²) in [4.78, 5) is 23.3. The second-order valence-electron chi connectivity index (χ2n) is 3.90. The molecule has 0 radical (unpaired) electrons. The monoisotopic (exact) mass is 260 g/mol. The molecule has 2 aromatic rings. The van der Waals surface area contributed by atoms with Gasteiger partial charge in [-0.05, 0) is 29.5 Å².